The molecule has 4 aromatic carbocycles. The number of fused-ring (bicyclic) bond motifs is 3. The molecule has 38 heavy (non-hydrogen) atoms. The largest absolute Gasteiger partial charge is 0.456 e. The fourth-order valence-electron chi connectivity index (χ4n) is 4.75. The lowest BCUT2D eigenvalue weighted by Crippen LogP contribution is -1.96. The number of para-hydroxylation sites is 1. The molecule has 0 unspecified atom stereocenters. The molecule has 3 aromatic heterocycles. The molecule has 0 amide bonds. The van der Waals surface area contributed by atoms with Crippen LogP contribution in [0.3, 0.4) is 0 Å². The van der Waals surface area contributed by atoms with E-state index in [9.17, 15) is 4.39 Å². The summed E-state index contributed by atoms with van der Waals surface area (Å²) in [5, 5.41) is 2.08. The quantitative estimate of drug-likeness (QED) is 0.246. The topological polar surface area (TPSA) is 51.8 Å². The zero-order chi connectivity index (χ0) is 25.5. The smallest absolute Gasteiger partial charge is 0.160 e. The third-order valence-corrected chi connectivity index (χ3v) is 6.65. The highest BCUT2D eigenvalue weighted by atomic mass is 19.1. The van der Waals surface area contributed by atoms with E-state index in [1.165, 1.54) is 12.1 Å². The summed E-state index contributed by atoms with van der Waals surface area (Å²) in [5.41, 5.74) is 7.85. The van der Waals surface area contributed by atoms with Gasteiger partial charge in [0.2, 0.25) is 0 Å². The molecule has 0 aliphatic carbocycles. The fourth-order valence-corrected chi connectivity index (χ4v) is 4.75. The number of halogens is 1. The molecule has 0 aliphatic rings. The van der Waals surface area contributed by atoms with E-state index in [-0.39, 0.29) is 5.82 Å². The summed E-state index contributed by atoms with van der Waals surface area (Å²) >= 11 is 0. The summed E-state index contributed by atoms with van der Waals surface area (Å²) in [6.07, 6.45) is 3.60. The van der Waals surface area contributed by atoms with Crippen molar-refractivity contribution in [2.45, 2.75) is 0 Å². The van der Waals surface area contributed by atoms with Crippen LogP contribution in [0.4, 0.5) is 4.39 Å². The molecule has 0 aliphatic heterocycles. The Kier molecular flexibility index (Phi) is 5.26. The van der Waals surface area contributed by atoms with Crippen molar-refractivity contribution in [2.75, 3.05) is 0 Å². The summed E-state index contributed by atoms with van der Waals surface area (Å²) in [5.74, 6) is 0.300. The number of nitrogens with zero attached hydrogens (tertiary/aromatic N) is 3. The van der Waals surface area contributed by atoms with Gasteiger partial charge >= 0.3 is 0 Å². The summed E-state index contributed by atoms with van der Waals surface area (Å²) in [4.78, 5) is 14.1. The van der Waals surface area contributed by atoms with Gasteiger partial charge in [-0.05, 0) is 72.3 Å². The summed E-state index contributed by atoms with van der Waals surface area (Å²) in [7, 11) is 0. The van der Waals surface area contributed by atoms with Gasteiger partial charge < -0.3 is 4.42 Å². The van der Waals surface area contributed by atoms with Gasteiger partial charge in [-0.15, -0.1) is 0 Å². The molecule has 0 radical (unpaired) electrons. The van der Waals surface area contributed by atoms with Crippen LogP contribution in [0.2, 0.25) is 0 Å². The normalized spacial score (nSPS) is 11.3. The molecule has 0 N–H and O–H groups in total. The predicted octanol–water partition coefficient (Wildman–Crippen LogP) is 8.58. The van der Waals surface area contributed by atoms with Gasteiger partial charge in [0.25, 0.3) is 0 Å². The van der Waals surface area contributed by atoms with E-state index in [0.29, 0.717) is 11.5 Å². The van der Waals surface area contributed by atoms with Gasteiger partial charge in [-0.25, -0.2) is 14.4 Å². The van der Waals surface area contributed by atoms with E-state index in [4.69, 9.17) is 14.4 Å². The van der Waals surface area contributed by atoms with E-state index in [1.807, 2.05) is 72.9 Å². The van der Waals surface area contributed by atoms with Crippen LogP contribution in [0.1, 0.15) is 0 Å². The Morgan fingerprint density at radius 2 is 1.26 bits per heavy atom. The minimum Gasteiger partial charge on any atom is -0.456 e. The van der Waals surface area contributed by atoms with Gasteiger partial charge in [0.05, 0.1) is 11.4 Å². The van der Waals surface area contributed by atoms with Crippen LogP contribution in [0.5, 0.6) is 0 Å². The lowest BCUT2D eigenvalue weighted by molar-refractivity contribution is 0.628. The molecular formula is C33H20FN3O. The Balaban J connectivity index is 1.41. The first-order valence-corrected chi connectivity index (χ1v) is 12.3. The molecular weight excluding hydrogens is 473 g/mol. The van der Waals surface area contributed by atoms with Crippen molar-refractivity contribution >= 4 is 21.9 Å². The number of hydrogen-bond acceptors (Lipinski definition) is 4. The molecule has 5 heteroatoms. The molecule has 0 atom stereocenters. The van der Waals surface area contributed by atoms with E-state index in [1.54, 1.807) is 18.3 Å². The number of benzene rings is 4. The van der Waals surface area contributed by atoms with Gasteiger partial charge in [0.15, 0.2) is 5.82 Å². The first-order chi connectivity index (χ1) is 18.7. The van der Waals surface area contributed by atoms with Gasteiger partial charge in [-0.2, -0.15) is 0 Å². The molecule has 4 nitrogen and oxygen atoms in total. The summed E-state index contributed by atoms with van der Waals surface area (Å²) in [6.45, 7) is 0. The monoisotopic (exact) mass is 493 g/mol. The first-order valence-electron chi connectivity index (χ1n) is 12.3. The molecule has 0 spiro atoms. The molecule has 7 rings (SSSR count). The van der Waals surface area contributed by atoms with E-state index in [2.05, 4.69) is 23.2 Å². The van der Waals surface area contributed by atoms with E-state index in [0.717, 1.165) is 55.4 Å². The Morgan fingerprint density at radius 1 is 0.526 bits per heavy atom. The van der Waals surface area contributed by atoms with Gasteiger partial charge in [0, 0.05) is 45.4 Å². The lowest BCUT2D eigenvalue weighted by atomic mass is 10.0. The number of aromatic nitrogens is 3. The second kappa shape index (κ2) is 9.05. The van der Waals surface area contributed by atoms with E-state index < -0.39 is 0 Å². The molecule has 0 fully saturated rings. The molecule has 7 aromatic rings. The number of hydrogen-bond donors (Lipinski definition) is 0. The Hall–Kier alpha value is -5.16. The zero-order valence-corrected chi connectivity index (χ0v) is 20.2. The Labute approximate surface area is 218 Å². The molecule has 0 saturated carbocycles. The minimum atomic E-state index is -0.287. The van der Waals surface area contributed by atoms with Crippen LogP contribution in [0.15, 0.2) is 126 Å². The van der Waals surface area contributed by atoms with Crippen LogP contribution in [-0.2, 0) is 0 Å². The number of furan rings is 1. The maximum absolute atomic E-state index is 13.7. The molecule has 3 heterocycles. The van der Waals surface area contributed by atoms with Crippen molar-refractivity contribution in [3.05, 3.63) is 127 Å². The average molecular weight is 494 g/mol. The first kappa shape index (κ1) is 22.1. The predicted molar refractivity (Wildman–Crippen MR) is 149 cm³/mol. The second-order valence-corrected chi connectivity index (χ2v) is 9.10. The highest BCUT2D eigenvalue weighted by Gasteiger charge is 2.14. The Bertz CT molecular complexity index is 1930. The van der Waals surface area contributed by atoms with Crippen molar-refractivity contribution in [1.82, 2.24) is 15.0 Å². The SMILES string of the molecule is Fc1ccc(-c2cc(-c3ccc4oc5ccccc5c4c3)nc(-c3cccc(-c4cccnc4)c3)n2)cc1. The van der Waals surface area contributed by atoms with Crippen LogP contribution in [0, 0.1) is 5.82 Å². The maximum Gasteiger partial charge on any atom is 0.160 e. The number of pyridine rings is 1. The highest BCUT2D eigenvalue weighted by Crippen LogP contribution is 2.34. The van der Waals surface area contributed by atoms with Crippen LogP contribution >= 0.6 is 0 Å². The zero-order valence-electron chi connectivity index (χ0n) is 20.2. The molecule has 180 valence electrons. The van der Waals surface area contributed by atoms with Crippen molar-refractivity contribution in [1.29, 1.82) is 0 Å². The number of rotatable bonds is 4. The van der Waals surface area contributed by atoms with Crippen molar-refractivity contribution in [2.24, 2.45) is 0 Å². The molecule has 0 bridgehead atoms. The average Bonchev–Trinajstić information content (AvgIpc) is 3.36. The van der Waals surface area contributed by atoms with Crippen LogP contribution in [-0.4, -0.2) is 15.0 Å². The maximum atomic E-state index is 13.7. The summed E-state index contributed by atoms with van der Waals surface area (Å²) in [6, 6.07) is 34.5. The van der Waals surface area contributed by atoms with Crippen molar-refractivity contribution < 1.29 is 8.81 Å². The Morgan fingerprint density at radius 3 is 2.11 bits per heavy atom. The van der Waals surface area contributed by atoms with Gasteiger partial charge in [0.1, 0.15) is 17.0 Å². The van der Waals surface area contributed by atoms with Crippen molar-refractivity contribution in [3.63, 3.8) is 0 Å². The van der Waals surface area contributed by atoms with Crippen LogP contribution in [0.25, 0.3) is 67.0 Å². The third-order valence-electron chi connectivity index (χ3n) is 6.65. The standard InChI is InChI=1S/C33H20FN3O/c34-26-13-10-21(11-14-26)29-19-30(23-12-15-32-28(18-23)27-8-1-2-9-31(27)38-32)37-33(36-29)24-6-3-5-22(17-24)25-7-4-16-35-20-25/h1-20H. The molecule has 0 saturated heterocycles. The van der Waals surface area contributed by atoms with E-state index >= 15 is 0 Å². The fraction of sp³-hybridized carbons (Fsp3) is 0. The second-order valence-electron chi connectivity index (χ2n) is 9.10. The van der Waals surface area contributed by atoms with Crippen LogP contribution < -0.4 is 0 Å². The minimum absolute atomic E-state index is 0.287. The third kappa shape index (κ3) is 4.00. The van der Waals surface area contributed by atoms with Gasteiger partial charge in [-0.3, -0.25) is 4.98 Å². The van der Waals surface area contributed by atoms with Crippen molar-refractivity contribution in [3.8, 4) is 45.0 Å². The highest BCUT2D eigenvalue weighted by molar-refractivity contribution is 6.06. The lowest BCUT2D eigenvalue weighted by Gasteiger charge is -2.10. The summed E-state index contributed by atoms with van der Waals surface area (Å²) < 4.78 is 19.7. The van der Waals surface area contributed by atoms with Gasteiger partial charge in [-0.1, -0.05) is 42.5 Å².